The van der Waals surface area contributed by atoms with Crippen molar-refractivity contribution in [1.29, 1.82) is 0 Å². The van der Waals surface area contributed by atoms with Gasteiger partial charge in [0.15, 0.2) is 5.69 Å². The van der Waals surface area contributed by atoms with Crippen LogP contribution in [0.1, 0.15) is 23.3 Å². The van der Waals surface area contributed by atoms with Gasteiger partial charge in [-0.25, -0.2) is 4.98 Å². The fourth-order valence-electron chi connectivity index (χ4n) is 3.70. The Hall–Kier alpha value is -3.72. The van der Waals surface area contributed by atoms with Crippen molar-refractivity contribution in [3.63, 3.8) is 0 Å². The summed E-state index contributed by atoms with van der Waals surface area (Å²) in [4.78, 5) is 28.2. The highest BCUT2D eigenvalue weighted by Gasteiger charge is 2.22. The molecule has 4 rings (SSSR count). The smallest absolute Gasteiger partial charge is 0.276 e. The van der Waals surface area contributed by atoms with Crippen molar-refractivity contribution in [3.8, 4) is 17.1 Å². The minimum Gasteiger partial charge on any atom is -0.494 e. The molecule has 0 radical (unpaired) electrons. The SMILES string of the molecule is COc1cccnc1-c1ccc(N)c(C(=O)Nc2cnccc2N2CCCC(N)C2)n1. The lowest BCUT2D eigenvalue weighted by Gasteiger charge is -2.33. The summed E-state index contributed by atoms with van der Waals surface area (Å²) in [5.41, 5.74) is 15.1. The molecular formula is C22H25N7O2. The van der Waals surface area contributed by atoms with Gasteiger partial charge in [-0.3, -0.25) is 14.8 Å². The van der Waals surface area contributed by atoms with E-state index in [1.165, 1.54) is 0 Å². The minimum absolute atomic E-state index is 0.104. The highest BCUT2D eigenvalue weighted by atomic mass is 16.5. The van der Waals surface area contributed by atoms with Crippen LogP contribution in [-0.4, -0.2) is 47.1 Å². The van der Waals surface area contributed by atoms with Gasteiger partial charge in [-0.15, -0.1) is 0 Å². The first-order valence-corrected chi connectivity index (χ1v) is 10.1. The Kier molecular flexibility index (Phi) is 5.94. The van der Waals surface area contributed by atoms with E-state index in [2.05, 4.69) is 25.2 Å². The predicted molar refractivity (Wildman–Crippen MR) is 120 cm³/mol. The van der Waals surface area contributed by atoms with Gasteiger partial charge in [0.25, 0.3) is 5.91 Å². The maximum absolute atomic E-state index is 13.1. The summed E-state index contributed by atoms with van der Waals surface area (Å²) in [6.45, 7) is 1.60. The number of methoxy groups -OCH3 is 1. The van der Waals surface area contributed by atoms with Gasteiger partial charge in [-0.2, -0.15) is 0 Å². The second-order valence-electron chi connectivity index (χ2n) is 7.38. The van der Waals surface area contributed by atoms with Crippen LogP contribution in [0.5, 0.6) is 5.75 Å². The van der Waals surface area contributed by atoms with Crippen molar-refractivity contribution in [2.24, 2.45) is 5.73 Å². The molecule has 3 aromatic heterocycles. The number of pyridine rings is 3. The van der Waals surface area contributed by atoms with Crippen molar-refractivity contribution in [2.45, 2.75) is 18.9 Å². The maximum Gasteiger partial charge on any atom is 0.276 e. The van der Waals surface area contributed by atoms with Crippen molar-refractivity contribution in [3.05, 3.63) is 54.6 Å². The molecule has 1 atom stereocenters. The lowest BCUT2D eigenvalue weighted by Crippen LogP contribution is -2.43. The number of nitrogens with one attached hydrogen (secondary N) is 1. The van der Waals surface area contributed by atoms with Crippen LogP contribution in [-0.2, 0) is 0 Å². The molecule has 0 bridgehead atoms. The number of piperidine rings is 1. The van der Waals surface area contributed by atoms with Gasteiger partial charge < -0.3 is 26.4 Å². The first kappa shape index (κ1) is 20.5. The highest BCUT2D eigenvalue weighted by Crippen LogP contribution is 2.30. The van der Waals surface area contributed by atoms with E-state index in [1.54, 1.807) is 50.0 Å². The fraction of sp³-hybridized carbons (Fsp3) is 0.273. The summed E-state index contributed by atoms with van der Waals surface area (Å²) in [5, 5.41) is 2.91. The monoisotopic (exact) mass is 419 g/mol. The van der Waals surface area contributed by atoms with Crippen LogP contribution < -0.4 is 26.4 Å². The number of nitrogens with zero attached hydrogens (tertiary/aromatic N) is 4. The second-order valence-corrected chi connectivity index (χ2v) is 7.38. The van der Waals surface area contributed by atoms with Crippen LogP contribution >= 0.6 is 0 Å². The molecule has 1 saturated heterocycles. The number of anilines is 3. The Morgan fingerprint density at radius 2 is 2.13 bits per heavy atom. The number of nitrogen functional groups attached to an aromatic ring is 1. The summed E-state index contributed by atoms with van der Waals surface area (Å²) in [6, 6.07) is 8.88. The molecule has 0 saturated carbocycles. The van der Waals surface area contributed by atoms with Gasteiger partial charge in [0.05, 0.1) is 36.1 Å². The average Bonchev–Trinajstić information content (AvgIpc) is 2.79. The third-order valence-corrected chi connectivity index (χ3v) is 5.22. The van der Waals surface area contributed by atoms with Crippen LogP contribution in [0.2, 0.25) is 0 Å². The van der Waals surface area contributed by atoms with E-state index in [0.717, 1.165) is 31.6 Å². The Morgan fingerprint density at radius 1 is 1.26 bits per heavy atom. The van der Waals surface area contributed by atoms with Crippen molar-refractivity contribution in [2.75, 3.05) is 36.1 Å². The molecule has 0 aliphatic carbocycles. The first-order chi connectivity index (χ1) is 15.1. The lowest BCUT2D eigenvalue weighted by atomic mass is 10.1. The Morgan fingerprint density at radius 3 is 2.94 bits per heavy atom. The van der Waals surface area contributed by atoms with Gasteiger partial charge in [-0.05, 0) is 43.2 Å². The van der Waals surface area contributed by atoms with E-state index in [0.29, 0.717) is 22.8 Å². The highest BCUT2D eigenvalue weighted by molar-refractivity contribution is 6.07. The molecule has 9 heteroatoms. The van der Waals surface area contributed by atoms with E-state index in [1.807, 2.05) is 6.07 Å². The summed E-state index contributed by atoms with van der Waals surface area (Å²) < 4.78 is 5.36. The molecule has 0 aromatic carbocycles. The molecule has 9 nitrogen and oxygen atoms in total. The minimum atomic E-state index is -0.426. The Balaban J connectivity index is 1.63. The van der Waals surface area contributed by atoms with Crippen LogP contribution in [0.15, 0.2) is 48.9 Å². The Labute approximate surface area is 180 Å². The topological polar surface area (TPSA) is 132 Å². The molecule has 1 unspecified atom stereocenters. The number of hydrogen-bond acceptors (Lipinski definition) is 8. The number of amides is 1. The average molecular weight is 419 g/mol. The number of hydrogen-bond donors (Lipinski definition) is 3. The number of nitrogens with two attached hydrogens (primary N) is 2. The number of carbonyl (C=O) groups is 1. The normalized spacial score (nSPS) is 16.1. The van der Waals surface area contributed by atoms with Gasteiger partial charge in [-0.1, -0.05) is 0 Å². The van der Waals surface area contributed by atoms with E-state index in [4.69, 9.17) is 16.2 Å². The van der Waals surface area contributed by atoms with Gasteiger partial charge in [0, 0.05) is 31.5 Å². The van der Waals surface area contributed by atoms with Gasteiger partial charge >= 0.3 is 0 Å². The molecular weight excluding hydrogens is 394 g/mol. The standard InChI is InChI=1S/C22H25N7O2/c1-31-19-5-2-9-26-21(19)16-7-6-15(24)20(27-16)22(30)28-17-12-25-10-8-18(17)29-11-3-4-14(23)13-29/h2,5-10,12,14H,3-4,11,13,23-24H2,1H3,(H,28,30). The van der Waals surface area contributed by atoms with Crippen LogP contribution in [0.4, 0.5) is 17.1 Å². The molecule has 31 heavy (non-hydrogen) atoms. The van der Waals surface area contributed by atoms with E-state index < -0.39 is 5.91 Å². The quantitative estimate of drug-likeness (QED) is 0.574. The van der Waals surface area contributed by atoms with Crippen molar-refractivity contribution < 1.29 is 9.53 Å². The van der Waals surface area contributed by atoms with Crippen LogP contribution in [0.3, 0.4) is 0 Å². The van der Waals surface area contributed by atoms with Crippen LogP contribution in [0, 0.1) is 0 Å². The number of aromatic nitrogens is 3. The summed E-state index contributed by atoms with van der Waals surface area (Å²) >= 11 is 0. The Bertz CT molecular complexity index is 1090. The summed E-state index contributed by atoms with van der Waals surface area (Å²) in [5.74, 6) is 0.131. The van der Waals surface area contributed by atoms with Crippen molar-refractivity contribution >= 4 is 23.0 Å². The molecule has 1 aliphatic heterocycles. The molecule has 3 aromatic rings. The largest absolute Gasteiger partial charge is 0.494 e. The molecule has 160 valence electrons. The molecule has 4 heterocycles. The molecule has 0 spiro atoms. The molecule has 1 aliphatic rings. The molecule has 5 N–H and O–H groups in total. The zero-order chi connectivity index (χ0) is 21.8. The number of ether oxygens (including phenoxy) is 1. The summed E-state index contributed by atoms with van der Waals surface area (Å²) in [7, 11) is 1.56. The lowest BCUT2D eigenvalue weighted by molar-refractivity contribution is 0.102. The van der Waals surface area contributed by atoms with E-state index in [-0.39, 0.29) is 17.4 Å². The van der Waals surface area contributed by atoms with Crippen molar-refractivity contribution in [1.82, 2.24) is 15.0 Å². The summed E-state index contributed by atoms with van der Waals surface area (Å²) in [6.07, 6.45) is 6.95. The zero-order valence-corrected chi connectivity index (χ0v) is 17.3. The van der Waals surface area contributed by atoms with Gasteiger partial charge in [0.2, 0.25) is 0 Å². The maximum atomic E-state index is 13.1. The van der Waals surface area contributed by atoms with Gasteiger partial charge in [0.1, 0.15) is 11.4 Å². The van der Waals surface area contributed by atoms with Crippen LogP contribution in [0.25, 0.3) is 11.4 Å². The predicted octanol–water partition coefficient (Wildman–Crippen LogP) is 2.31. The molecule has 1 amide bonds. The zero-order valence-electron chi connectivity index (χ0n) is 17.3. The molecule has 1 fully saturated rings. The third-order valence-electron chi connectivity index (χ3n) is 5.22. The van der Waals surface area contributed by atoms with E-state index >= 15 is 0 Å². The van der Waals surface area contributed by atoms with E-state index in [9.17, 15) is 4.79 Å². The third kappa shape index (κ3) is 4.41. The second kappa shape index (κ2) is 8.97. The number of carbonyl (C=O) groups excluding carboxylic acids is 1. The first-order valence-electron chi connectivity index (χ1n) is 10.1. The number of rotatable bonds is 5. The fourth-order valence-corrected chi connectivity index (χ4v) is 3.70.